The lowest BCUT2D eigenvalue weighted by molar-refractivity contribution is -0.137. The molecule has 0 saturated carbocycles. The number of halogens is 3. The van der Waals surface area contributed by atoms with E-state index in [1.807, 2.05) is 37.4 Å². The van der Waals surface area contributed by atoms with Crippen molar-refractivity contribution in [1.82, 2.24) is 5.32 Å². The highest BCUT2D eigenvalue weighted by Crippen LogP contribution is 2.29. The van der Waals surface area contributed by atoms with E-state index in [1.165, 1.54) is 12.1 Å². The first kappa shape index (κ1) is 18.8. The minimum absolute atomic E-state index is 0.0571. The number of anilines is 1. The van der Waals surface area contributed by atoms with Gasteiger partial charge < -0.3 is 10.2 Å². The molecule has 0 fully saturated rings. The van der Waals surface area contributed by atoms with Gasteiger partial charge in [0.2, 0.25) is 5.91 Å². The van der Waals surface area contributed by atoms with E-state index in [-0.39, 0.29) is 12.3 Å². The Kier molecular flexibility index (Phi) is 6.44. The van der Waals surface area contributed by atoms with Gasteiger partial charge in [-0.2, -0.15) is 13.2 Å². The molecule has 1 N–H and O–H groups in total. The molecular weight excluding hydrogens is 329 g/mol. The Morgan fingerprint density at radius 2 is 1.80 bits per heavy atom. The predicted molar refractivity (Wildman–Crippen MR) is 92.5 cm³/mol. The quantitative estimate of drug-likeness (QED) is 0.769. The highest BCUT2D eigenvalue weighted by Gasteiger charge is 2.30. The number of hydrogen-bond donors (Lipinski definition) is 1. The molecule has 0 spiro atoms. The number of nitrogens with one attached hydrogen (secondary N) is 1. The third-order valence-corrected chi connectivity index (χ3v) is 3.81. The third kappa shape index (κ3) is 6.14. The van der Waals surface area contributed by atoms with E-state index in [0.717, 1.165) is 30.8 Å². The van der Waals surface area contributed by atoms with Crippen molar-refractivity contribution in [2.24, 2.45) is 0 Å². The van der Waals surface area contributed by atoms with E-state index in [4.69, 9.17) is 0 Å². The van der Waals surface area contributed by atoms with E-state index in [1.54, 1.807) is 0 Å². The summed E-state index contributed by atoms with van der Waals surface area (Å²) in [7, 11) is 1.97. The fourth-order valence-electron chi connectivity index (χ4n) is 2.46. The minimum atomic E-state index is -4.39. The van der Waals surface area contributed by atoms with Crippen LogP contribution in [0.1, 0.15) is 17.5 Å². The Labute approximate surface area is 145 Å². The van der Waals surface area contributed by atoms with Gasteiger partial charge in [-0.05, 0) is 30.2 Å². The lowest BCUT2D eigenvalue weighted by Gasteiger charge is -2.19. The fourth-order valence-corrected chi connectivity index (χ4v) is 2.46. The summed E-state index contributed by atoms with van der Waals surface area (Å²) >= 11 is 0. The second kappa shape index (κ2) is 8.55. The summed E-state index contributed by atoms with van der Waals surface area (Å²) in [6.07, 6.45) is -3.70. The molecule has 1 amide bonds. The van der Waals surface area contributed by atoms with Gasteiger partial charge in [-0.15, -0.1) is 0 Å². The number of alkyl halides is 3. The van der Waals surface area contributed by atoms with Crippen molar-refractivity contribution in [2.75, 3.05) is 25.0 Å². The standard InChI is InChI=1S/C19H21F3N2O/c1-24(17-9-3-2-4-10-17)12-6-11-23-18(25)14-15-7-5-8-16(13-15)19(20,21)22/h2-5,7-10,13H,6,11-12,14H2,1H3,(H,23,25). The summed E-state index contributed by atoms with van der Waals surface area (Å²) in [5, 5.41) is 2.75. The molecule has 6 heteroatoms. The van der Waals surface area contributed by atoms with Gasteiger partial charge in [0.25, 0.3) is 0 Å². The van der Waals surface area contributed by atoms with Crippen LogP contribution in [0.4, 0.5) is 18.9 Å². The molecular formula is C19H21F3N2O. The zero-order valence-electron chi connectivity index (χ0n) is 14.0. The fraction of sp³-hybridized carbons (Fsp3) is 0.316. The van der Waals surface area contributed by atoms with Gasteiger partial charge in [0.05, 0.1) is 12.0 Å². The number of amides is 1. The second-order valence-electron chi connectivity index (χ2n) is 5.84. The van der Waals surface area contributed by atoms with Crippen molar-refractivity contribution in [3.05, 3.63) is 65.7 Å². The topological polar surface area (TPSA) is 32.3 Å². The highest BCUT2D eigenvalue weighted by atomic mass is 19.4. The molecule has 0 heterocycles. The molecule has 0 saturated heterocycles. The van der Waals surface area contributed by atoms with E-state index < -0.39 is 11.7 Å². The van der Waals surface area contributed by atoms with E-state index >= 15 is 0 Å². The van der Waals surface area contributed by atoms with Crippen LogP contribution in [0.15, 0.2) is 54.6 Å². The Morgan fingerprint density at radius 1 is 1.08 bits per heavy atom. The van der Waals surface area contributed by atoms with Crippen molar-refractivity contribution >= 4 is 11.6 Å². The molecule has 25 heavy (non-hydrogen) atoms. The monoisotopic (exact) mass is 350 g/mol. The first-order valence-corrected chi connectivity index (χ1v) is 8.05. The molecule has 0 aromatic heterocycles. The van der Waals surface area contributed by atoms with Crippen LogP contribution in [0.5, 0.6) is 0 Å². The van der Waals surface area contributed by atoms with Crippen molar-refractivity contribution in [3.63, 3.8) is 0 Å². The lowest BCUT2D eigenvalue weighted by Crippen LogP contribution is -2.29. The molecule has 0 unspecified atom stereocenters. The summed E-state index contributed by atoms with van der Waals surface area (Å²) in [5.74, 6) is -0.276. The molecule has 2 aromatic rings. The Bertz CT molecular complexity index is 687. The second-order valence-corrected chi connectivity index (χ2v) is 5.84. The average molecular weight is 350 g/mol. The van der Waals surface area contributed by atoms with Crippen molar-refractivity contribution < 1.29 is 18.0 Å². The van der Waals surface area contributed by atoms with Gasteiger partial charge in [-0.25, -0.2) is 0 Å². The number of rotatable bonds is 7. The molecule has 0 aliphatic heterocycles. The number of nitrogens with zero attached hydrogens (tertiary/aromatic N) is 1. The molecule has 2 aromatic carbocycles. The summed E-state index contributed by atoms with van der Waals surface area (Å²) in [4.78, 5) is 14.0. The van der Waals surface area contributed by atoms with Gasteiger partial charge in [-0.1, -0.05) is 36.4 Å². The average Bonchev–Trinajstić information content (AvgIpc) is 2.59. The van der Waals surface area contributed by atoms with Gasteiger partial charge in [0, 0.05) is 25.8 Å². The number of hydrogen-bond acceptors (Lipinski definition) is 2. The van der Waals surface area contributed by atoms with Gasteiger partial charge in [-0.3, -0.25) is 4.79 Å². The maximum absolute atomic E-state index is 12.7. The smallest absolute Gasteiger partial charge is 0.375 e. The van der Waals surface area contributed by atoms with E-state index in [0.29, 0.717) is 12.1 Å². The van der Waals surface area contributed by atoms with Crippen LogP contribution in [-0.4, -0.2) is 26.0 Å². The van der Waals surface area contributed by atoms with E-state index in [9.17, 15) is 18.0 Å². The normalized spacial score (nSPS) is 11.2. The van der Waals surface area contributed by atoms with Crippen LogP contribution in [0.2, 0.25) is 0 Å². The first-order chi connectivity index (χ1) is 11.9. The van der Waals surface area contributed by atoms with Crippen molar-refractivity contribution in [3.8, 4) is 0 Å². The summed E-state index contributed by atoms with van der Waals surface area (Å²) in [6.45, 7) is 1.25. The first-order valence-electron chi connectivity index (χ1n) is 8.05. The van der Waals surface area contributed by atoms with Crippen molar-refractivity contribution in [2.45, 2.75) is 19.0 Å². The van der Waals surface area contributed by atoms with Crippen LogP contribution >= 0.6 is 0 Å². The van der Waals surface area contributed by atoms with Crippen LogP contribution in [0.3, 0.4) is 0 Å². The van der Waals surface area contributed by atoms with Gasteiger partial charge >= 0.3 is 6.18 Å². The summed E-state index contributed by atoms with van der Waals surface area (Å²) < 4.78 is 38.0. The predicted octanol–water partition coefficient (Wildman–Crippen LogP) is 3.89. The Hall–Kier alpha value is -2.50. The Balaban J connectivity index is 1.74. The molecule has 3 nitrogen and oxygen atoms in total. The van der Waals surface area contributed by atoms with Gasteiger partial charge in [0.1, 0.15) is 0 Å². The summed E-state index contributed by atoms with van der Waals surface area (Å²) in [5.41, 5.74) is 0.716. The number of carbonyl (C=O) groups is 1. The maximum Gasteiger partial charge on any atom is 0.416 e. The lowest BCUT2D eigenvalue weighted by atomic mass is 10.1. The summed E-state index contributed by atoms with van der Waals surface area (Å²) in [6, 6.07) is 14.7. The maximum atomic E-state index is 12.7. The molecule has 2 rings (SSSR count). The number of para-hydroxylation sites is 1. The number of benzene rings is 2. The van der Waals surface area contributed by atoms with Gasteiger partial charge in [0.15, 0.2) is 0 Å². The zero-order valence-corrected chi connectivity index (χ0v) is 14.0. The molecule has 0 aliphatic carbocycles. The van der Waals surface area contributed by atoms with Crippen LogP contribution in [0.25, 0.3) is 0 Å². The third-order valence-electron chi connectivity index (χ3n) is 3.81. The van der Waals surface area contributed by atoms with E-state index in [2.05, 4.69) is 10.2 Å². The zero-order chi connectivity index (χ0) is 18.3. The van der Waals surface area contributed by atoms with Crippen molar-refractivity contribution in [1.29, 1.82) is 0 Å². The number of carbonyl (C=O) groups excluding carboxylic acids is 1. The highest BCUT2D eigenvalue weighted by molar-refractivity contribution is 5.78. The molecule has 0 atom stereocenters. The molecule has 134 valence electrons. The molecule has 0 bridgehead atoms. The SMILES string of the molecule is CN(CCCNC(=O)Cc1cccc(C(F)(F)F)c1)c1ccccc1. The van der Waals surface area contributed by atoms with Crippen LogP contribution in [0, 0.1) is 0 Å². The molecule has 0 radical (unpaired) electrons. The van der Waals surface area contributed by atoms with Crippen LogP contribution in [-0.2, 0) is 17.4 Å². The minimum Gasteiger partial charge on any atom is -0.375 e. The van der Waals surface area contributed by atoms with Crippen LogP contribution < -0.4 is 10.2 Å². The largest absolute Gasteiger partial charge is 0.416 e. The molecule has 0 aliphatic rings. The Morgan fingerprint density at radius 3 is 2.48 bits per heavy atom.